The van der Waals surface area contributed by atoms with E-state index in [-0.39, 0.29) is 22.6 Å². The molecule has 0 atom stereocenters. The molecular formula is C22H12O4. The van der Waals surface area contributed by atoms with Crippen molar-refractivity contribution in [2.24, 2.45) is 0 Å². The van der Waals surface area contributed by atoms with Crippen LogP contribution < -0.4 is 9.47 Å². The molecule has 0 fully saturated rings. The van der Waals surface area contributed by atoms with Crippen molar-refractivity contribution < 1.29 is 19.1 Å². The molecule has 0 amide bonds. The van der Waals surface area contributed by atoms with Gasteiger partial charge in [0.05, 0.1) is 11.1 Å². The van der Waals surface area contributed by atoms with E-state index in [1.165, 1.54) is 0 Å². The summed E-state index contributed by atoms with van der Waals surface area (Å²) >= 11 is 0. The highest BCUT2D eigenvalue weighted by Crippen LogP contribution is 2.40. The summed E-state index contributed by atoms with van der Waals surface area (Å²) in [6.45, 7) is 0. The molecule has 0 aliphatic carbocycles. The molecule has 124 valence electrons. The van der Waals surface area contributed by atoms with Gasteiger partial charge in [-0.15, -0.1) is 0 Å². The third kappa shape index (κ3) is 2.09. The molecule has 5 rings (SSSR count). The Morgan fingerprint density at radius 3 is 2.00 bits per heavy atom. The molecule has 1 heterocycles. The van der Waals surface area contributed by atoms with E-state index >= 15 is 0 Å². The number of benzene rings is 4. The Balaban J connectivity index is 1.78. The summed E-state index contributed by atoms with van der Waals surface area (Å²) in [6, 6.07) is 21.8. The fourth-order valence-electron chi connectivity index (χ4n) is 3.37. The van der Waals surface area contributed by atoms with Crippen LogP contribution in [0.5, 0.6) is 11.5 Å². The third-order valence-corrected chi connectivity index (χ3v) is 4.60. The largest absolute Gasteiger partial charge is 0.419 e. The Morgan fingerprint density at radius 2 is 1.19 bits per heavy atom. The highest BCUT2D eigenvalue weighted by atomic mass is 16.6. The van der Waals surface area contributed by atoms with E-state index < -0.39 is 11.9 Å². The third-order valence-electron chi connectivity index (χ3n) is 4.60. The average Bonchev–Trinajstić information content (AvgIpc) is 2.68. The number of rotatable bonds is 0. The van der Waals surface area contributed by atoms with E-state index in [0.29, 0.717) is 0 Å². The highest BCUT2D eigenvalue weighted by molar-refractivity contribution is 6.12. The minimum Gasteiger partial charge on any atom is -0.419 e. The molecule has 0 saturated heterocycles. The average molecular weight is 340 g/mol. The first kappa shape index (κ1) is 14.7. The maximum absolute atomic E-state index is 12.6. The van der Waals surface area contributed by atoms with Crippen molar-refractivity contribution in [3.8, 4) is 11.5 Å². The standard InChI is InChI=1S/C22H12O4/c23-21-17-7-3-4-8-18(17)22(24)26-20-16-10-9-13-5-1-2-6-14(13)15(16)11-12-19(20)25-21/h1-12H. The van der Waals surface area contributed by atoms with E-state index in [1.807, 2.05) is 42.5 Å². The lowest BCUT2D eigenvalue weighted by Gasteiger charge is -2.18. The number of carbonyl (C=O) groups is 2. The second-order valence-electron chi connectivity index (χ2n) is 6.10. The van der Waals surface area contributed by atoms with Gasteiger partial charge < -0.3 is 9.47 Å². The number of fused-ring (bicyclic) bond motifs is 6. The number of esters is 2. The Kier molecular flexibility index (Phi) is 3.06. The molecule has 26 heavy (non-hydrogen) atoms. The van der Waals surface area contributed by atoms with Crippen LogP contribution in [0.2, 0.25) is 0 Å². The molecule has 0 unspecified atom stereocenters. The fraction of sp³-hybridized carbons (Fsp3) is 0. The highest BCUT2D eigenvalue weighted by Gasteiger charge is 2.26. The summed E-state index contributed by atoms with van der Waals surface area (Å²) in [5.41, 5.74) is 0.391. The fourth-order valence-corrected chi connectivity index (χ4v) is 3.37. The normalized spacial score (nSPS) is 13.4. The van der Waals surface area contributed by atoms with Gasteiger partial charge in [-0.2, -0.15) is 0 Å². The van der Waals surface area contributed by atoms with Gasteiger partial charge in [0, 0.05) is 5.39 Å². The Labute approximate surface area is 148 Å². The SMILES string of the molecule is O=C1Oc2ccc3c(ccc4ccccc43)c2OC(=O)c2ccccc21. The zero-order chi connectivity index (χ0) is 17.7. The Hall–Kier alpha value is -3.66. The van der Waals surface area contributed by atoms with Gasteiger partial charge in [-0.25, -0.2) is 9.59 Å². The molecule has 0 radical (unpaired) electrons. The van der Waals surface area contributed by atoms with Crippen molar-refractivity contribution in [3.63, 3.8) is 0 Å². The lowest BCUT2D eigenvalue weighted by Crippen LogP contribution is -2.21. The first-order chi connectivity index (χ1) is 12.7. The van der Waals surface area contributed by atoms with E-state index in [0.717, 1.165) is 21.5 Å². The molecule has 4 aromatic carbocycles. The van der Waals surface area contributed by atoms with Crippen molar-refractivity contribution >= 4 is 33.5 Å². The van der Waals surface area contributed by atoms with Gasteiger partial charge in [0.1, 0.15) is 0 Å². The zero-order valence-corrected chi connectivity index (χ0v) is 13.6. The van der Waals surface area contributed by atoms with Crippen LogP contribution in [0.1, 0.15) is 20.7 Å². The van der Waals surface area contributed by atoms with Crippen molar-refractivity contribution in [1.82, 2.24) is 0 Å². The molecule has 1 aliphatic heterocycles. The first-order valence-corrected chi connectivity index (χ1v) is 8.20. The number of ether oxygens (including phenoxy) is 2. The van der Waals surface area contributed by atoms with Crippen LogP contribution in [0, 0.1) is 0 Å². The summed E-state index contributed by atoms with van der Waals surface area (Å²) < 4.78 is 11.2. The predicted octanol–water partition coefficient (Wildman–Crippen LogP) is 4.74. The van der Waals surface area contributed by atoms with Gasteiger partial charge in [0.2, 0.25) is 0 Å². The van der Waals surface area contributed by atoms with Gasteiger partial charge in [-0.1, -0.05) is 42.5 Å². The maximum atomic E-state index is 12.6. The summed E-state index contributed by atoms with van der Waals surface area (Å²) in [7, 11) is 0. The number of carbonyl (C=O) groups excluding carboxylic acids is 2. The predicted molar refractivity (Wildman–Crippen MR) is 97.8 cm³/mol. The van der Waals surface area contributed by atoms with Crippen molar-refractivity contribution in [2.75, 3.05) is 0 Å². The van der Waals surface area contributed by atoms with Crippen LogP contribution in [0.4, 0.5) is 0 Å². The topological polar surface area (TPSA) is 52.6 Å². The van der Waals surface area contributed by atoms with Gasteiger partial charge in [0.15, 0.2) is 11.5 Å². The van der Waals surface area contributed by atoms with Crippen LogP contribution >= 0.6 is 0 Å². The van der Waals surface area contributed by atoms with E-state index in [2.05, 4.69) is 0 Å². The van der Waals surface area contributed by atoms with E-state index in [9.17, 15) is 9.59 Å². The van der Waals surface area contributed by atoms with Crippen LogP contribution in [0.15, 0.2) is 72.8 Å². The minimum atomic E-state index is -0.571. The Morgan fingerprint density at radius 1 is 0.538 bits per heavy atom. The summed E-state index contributed by atoms with van der Waals surface area (Å²) in [5.74, 6) is -0.639. The minimum absolute atomic E-state index is 0.195. The molecule has 0 saturated carbocycles. The number of hydrogen-bond donors (Lipinski definition) is 0. The molecule has 4 aromatic rings. The summed E-state index contributed by atoms with van der Waals surface area (Å²) in [6.07, 6.45) is 0. The number of hydrogen-bond acceptors (Lipinski definition) is 4. The maximum Gasteiger partial charge on any atom is 0.344 e. The Bertz CT molecular complexity index is 1220. The van der Waals surface area contributed by atoms with E-state index in [4.69, 9.17) is 9.47 Å². The van der Waals surface area contributed by atoms with Crippen molar-refractivity contribution in [1.29, 1.82) is 0 Å². The van der Waals surface area contributed by atoms with Crippen LogP contribution in [0.3, 0.4) is 0 Å². The zero-order valence-electron chi connectivity index (χ0n) is 13.6. The van der Waals surface area contributed by atoms with E-state index in [1.54, 1.807) is 30.3 Å². The molecular weight excluding hydrogens is 328 g/mol. The van der Waals surface area contributed by atoms with Gasteiger partial charge in [0.25, 0.3) is 0 Å². The molecule has 1 aliphatic rings. The molecule has 4 nitrogen and oxygen atoms in total. The van der Waals surface area contributed by atoms with Crippen LogP contribution in [-0.2, 0) is 0 Å². The van der Waals surface area contributed by atoms with Crippen LogP contribution in [0.25, 0.3) is 21.5 Å². The molecule has 0 aromatic heterocycles. The van der Waals surface area contributed by atoms with Crippen molar-refractivity contribution in [2.45, 2.75) is 0 Å². The quantitative estimate of drug-likeness (QED) is 0.263. The van der Waals surface area contributed by atoms with Crippen molar-refractivity contribution in [3.05, 3.63) is 83.9 Å². The summed E-state index contributed by atoms with van der Waals surface area (Å²) in [5, 5.41) is 3.78. The lowest BCUT2D eigenvalue weighted by molar-refractivity contribution is 0.0650. The molecule has 0 bridgehead atoms. The second-order valence-corrected chi connectivity index (χ2v) is 6.10. The first-order valence-electron chi connectivity index (χ1n) is 8.20. The monoisotopic (exact) mass is 340 g/mol. The smallest absolute Gasteiger partial charge is 0.344 e. The molecule has 0 spiro atoms. The van der Waals surface area contributed by atoms with Gasteiger partial charge >= 0.3 is 11.9 Å². The van der Waals surface area contributed by atoms with Gasteiger partial charge in [-0.3, -0.25) is 0 Å². The van der Waals surface area contributed by atoms with Crippen LogP contribution in [-0.4, -0.2) is 11.9 Å². The molecule has 4 heteroatoms. The lowest BCUT2D eigenvalue weighted by atomic mass is 10.0. The molecule has 0 N–H and O–H groups in total. The summed E-state index contributed by atoms with van der Waals surface area (Å²) in [4.78, 5) is 25.1. The second kappa shape index (κ2) is 5.43. The van der Waals surface area contributed by atoms with Gasteiger partial charge in [-0.05, 0) is 46.5 Å².